The molecule has 0 atom stereocenters. The Bertz CT molecular complexity index is 771. The quantitative estimate of drug-likeness (QED) is 0.815. The van der Waals surface area contributed by atoms with Crippen LogP contribution in [0.1, 0.15) is 26.2 Å². The van der Waals surface area contributed by atoms with Crippen LogP contribution in [0.25, 0.3) is 0 Å². The zero-order chi connectivity index (χ0) is 18.7. The maximum atomic E-state index is 12.5. The lowest BCUT2D eigenvalue weighted by Crippen LogP contribution is -2.43. The molecule has 4 nitrogen and oxygen atoms in total. The van der Waals surface area contributed by atoms with Gasteiger partial charge in [0.15, 0.2) is 0 Å². The standard InChI is InChI=1S/C22H27N3OS/c1-22(11-13-23-14-12-22)16-24-21(26)10-15-25-17-6-2-4-8-19(17)27-20-9-5-3-7-18(20)25/h2-9,23H,10-16H2,1H3,(H,24,26). The summed E-state index contributed by atoms with van der Waals surface area (Å²) in [5, 5.41) is 6.57. The Morgan fingerprint density at radius 3 is 2.30 bits per heavy atom. The summed E-state index contributed by atoms with van der Waals surface area (Å²) in [6.07, 6.45) is 2.75. The van der Waals surface area contributed by atoms with Crippen molar-refractivity contribution in [2.75, 3.05) is 31.1 Å². The molecule has 0 bridgehead atoms. The van der Waals surface area contributed by atoms with Crippen LogP contribution in [0, 0.1) is 5.41 Å². The number of anilines is 2. The highest BCUT2D eigenvalue weighted by Crippen LogP contribution is 2.47. The summed E-state index contributed by atoms with van der Waals surface area (Å²) in [6.45, 7) is 5.84. The minimum Gasteiger partial charge on any atom is -0.355 e. The first-order valence-corrected chi connectivity index (χ1v) is 10.6. The lowest BCUT2D eigenvalue weighted by Gasteiger charge is -2.34. The fraction of sp³-hybridized carbons (Fsp3) is 0.409. The topological polar surface area (TPSA) is 44.4 Å². The van der Waals surface area contributed by atoms with Gasteiger partial charge >= 0.3 is 0 Å². The number of rotatable bonds is 5. The van der Waals surface area contributed by atoms with E-state index in [1.165, 1.54) is 21.2 Å². The van der Waals surface area contributed by atoms with Gasteiger partial charge in [-0.3, -0.25) is 4.79 Å². The number of amides is 1. The monoisotopic (exact) mass is 381 g/mol. The zero-order valence-electron chi connectivity index (χ0n) is 15.8. The second-order valence-electron chi connectivity index (χ2n) is 7.78. The van der Waals surface area contributed by atoms with Crippen LogP contribution in [0.15, 0.2) is 58.3 Å². The van der Waals surface area contributed by atoms with Crippen LogP contribution in [-0.4, -0.2) is 32.1 Å². The van der Waals surface area contributed by atoms with Gasteiger partial charge < -0.3 is 15.5 Å². The van der Waals surface area contributed by atoms with E-state index in [1.807, 2.05) is 0 Å². The number of carbonyl (C=O) groups is 1. The van der Waals surface area contributed by atoms with E-state index in [9.17, 15) is 4.79 Å². The molecule has 0 aliphatic carbocycles. The molecule has 2 aromatic rings. The largest absolute Gasteiger partial charge is 0.355 e. The molecule has 142 valence electrons. The van der Waals surface area contributed by atoms with Crippen LogP contribution >= 0.6 is 11.8 Å². The fourth-order valence-corrected chi connectivity index (χ4v) is 4.94. The Morgan fingerprint density at radius 2 is 1.67 bits per heavy atom. The van der Waals surface area contributed by atoms with Crippen molar-refractivity contribution in [2.24, 2.45) is 5.41 Å². The Balaban J connectivity index is 1.41. The average Bonchev–Trinajstić information content (AvgIpc) is 2.70. The van der Waals surface area contributed by atoms with Crippen LogP contribution < -0.4 is 15.5 Å². The molecule has 5 heteroatoms. The van der Waals surface area contributed by atoms with E-state index in [1.54, 1.807) is 11.8 Å². The molecule has 0 saturated carbocycles. The summed E-state index contributed by atoms with van der Waals surface area (Å²) in [4.78, 5) is 17.3. The van der Waals surface area contributed by atoms with Crippen molar-refractivity contribution in [1.29, 1.82) is 0 Å². The Hall–Kier alpha value is -1.98. The van der Waals surface area contributed by atoms with Crippen LogP contribution in [0.2, 0.25) is 0 Å². The lowest BCUT2D eigenvalue weighted by molar-refractivity contribution is -0.121. The van der Waals surface area contributed by atoms with Gasteiger partial charge in [0.05, 0.1) is 11.4 Å². The molecule has 0 radical (unpaired) electrons. The molecule has 2 aliphatic heterocycles. The molecule has 1 saturated heterocycles. The van der Waals surface area contributed by atoms with Crippen LogP contribution in [0.3, 0.4) is 0 Å². The van der Waals surface area contributed by atoms with Gasteiger partial charge in [0.1, 0.15) is 0 Å². The first kappa shape index (κ1) is 18.4. The highest BCUT2D eigenvalue weighted by molar-refractivity contribution is 7.99. The van der Waals surface area contributed by atoms with Crippen molar-refractivity contribution in [3.05, 3.63) is 48.5 Å². The molecule has 2 aromatic carbocycles. The van der Waals surface area contributed by atoms with Crippen LogP contribution in [0.5, 0.6) is 0 Å². The number of hydrogen-bond donors (Lipinski definition) is 2. The predicted molar refractivity (Wildman–Crippen MR) is 112 cm³/mol. The summed E-state index contributed by atoms with van der Waals surface area (Å²) in [5.41, 5.74) is 2.61. The smallest absolute Gasteiger partial charge is 0.221 e. The van der Waals surface area contributed by atoms with Crippen molar-refractivity contribution in [2.45, 2.75) is 36.0 Å². The third kappa shape index (κ3) is 4.14. The molecule has 0 spiro atoms. The molecule has 0 aromatic heterocycles. The van der Waals surface area contributed by atoms with Gasteiger partial charge in [-0.2, -0.15) is 0 Å². The van der Waals surface area contributed by atoms with E-state index < -0.39 is 0 Å². The Kier molecular flexibility index (Phi) is 5.41. The highest BCUT2D eigenvalue weighted by Gasteiger charge is 2.27. The maximum absolute atomic E-state index is 12.5. The number of fused-ring (bicyclic) bond motifs is 2. The Morgan fingerprint density at radius 1 is 1.07 bits per heavy atom. The summed E-state index contributed by atoms with van der Waals surface area (Å²) in [7, 11) is 0. The first-order valence-electron chi connectivity index (χ1n) is 9.76. The molecular weight excluding hydrogens is 354 g/mol. The third-order valence-electron chi connectivity index (χ3n) is 5.62. The normalized spacial score (nSPS) is 17.7. The molecule has 1 amide bonds. The van der Waals surface area contributed by atoms with Gasteiger partial charge in [0.25, 0.3) is 0 Å². The summed E-state index contributed by atoms with van der Waals surface area (Å²) < 4.78 is 0. The summed E-state index contributed by atoms with van der Waals surface area (Å²) in [6, 6.07) is 16.9. The van der Waals surface area contributed by atoms with Gasteiger partial charge in [-0.15, -0.1) is 0 Å². The van der Waals surface area contributed by atoms with E-state index in [0.717, 1.165) is 32.5 Å². The van der Waals surface area contributed by atoms with Gasteiger partial charge in [-0.25, -0.2) is 0 Å². The third-order valence-corrected chi connectivity index (χ3v) is 6.75. The molecule has 0 unspecified atom stereocenters. The predicted octanol–water partition coefficient (Wildman–Crippen LogP) is 4.19. The summed E-state index contributed by atoms with van der Waals surface area (Å²) >= 11 is 1.80. The van der Waals surface area contributed by atoms with Crippen molar-refractivity contribution in [1.82, 2.24) is 10.6 Å². The van der Waals surface area contributed by atoms with Crippen LogP contribution in [0.4, 0.5) is 11.4 Å². The molecular formula is C22H27N3OS. The highest BCUT2D eigenvalue weighted by atomic mass is 32.2. The second kappa shape index (κ2) is 7.95. The van der Waals surface area contributed by atoms with Gasteiger partial charge in [0, 0.05) is 29.3 Å². The number of hydrogen-bond acceptors (Lipinski definition) is 4. The molecule has 2 N–H and O–H groups in total. The van der Waals surface area contributed by atoms with E-state index in [2.05, 4.69) is 71.0 Å². The SMILES string of the molecule is CC1(CNC(=O)CCN2c3ccccc3Sc3ccccc32)CCNCC1. The van der Waals surface area contributed by atoms with Crippen molar-refractivity contribution in [3.8, 4) is 0 Å². The number of nitrogens with zero attached hydrogens (tertiary/aromatic N) is 1. The van der Waals surface area contributed by atoms with E-state index in [4.69, 9.17) is 0 Å². The van der Waals surface area contributed by atoms with E-state index in [0.29, 0.717) is 13.0 Å². The minimum absolute atomic E-state index is 0.142. The molecule has 2 heterocycles. The minimum atomic E-state index is 0.142. The molecule has 4 rings (SSSR count). The first-order chi connectivity index (χ1) is 13.1. The zero-order valence-corrected chi connectivity index (χ0v) is 16.6. The fourth-order valence-electron chi connectivity index (χ4n) is 3.84. The number of nitrogens with one attached hydrogen (secondary N) is 2. The number of benzene rings is 2. The van der Waals surface area contributed by atoms with Crippen molar-refractivity contribution < 1.29 is 4.79 Å². The van der Waals surface area contributed by atoms with Crippen molar-refractivity contribution in [3.63, 3.8) is 0 Å². The number of piperidine rings is 1. The second-order valence-corrected chi connectivity index (χ2v) is 8.86. The molecule has 2 aliphatic rings. The van der Waals surface area contributed by atoms with Gasteiger partial charge in [-0.05, 0) is 55.6 Å². The Labute approximate surface area is 165 Å². The van der Waals surface area contributed by atoms with Gasteiger partial charge in [-0.1, -0.05) is 43.0 Å². The lowest BCUT2D eigenvalue weighted by atomic mass is 9.81. The van der Waals surface area contributed by atoms with E-state index >= 15 is 0 Å². The number of para-hydroxylation sites is 2. The molecule has 27 heavy (non-hydrogen) atoms. The van der Waals surface area contributed by atoms with Crippen molar-refractivity contribution >= 4 is 29.0 Å². The van der Waals surface area contributed by atoms with E-state index in [-0.39, 0.29) is 11.3 Å². The molecule has 1 fully saturated rings. The average molecular weight is 382 g/mol. The number of carbonyl (C=O) groups excluding carboxylic acids is 1. The summed E-state index contributed by atoms with van der Waals surface area (Å²) in [5.74, 6) is 0.142. The van der Waals surface area contributed by atoms with Gasteiger partial charge in [0.2, 0.25) is 5.91 Å². The maximum Gasteiger partial charge on any atom is 0.221 e. The van der Waals surface area contributed by atoms with Crippen LogP contribution in [-0.2, 0) is 4.79 Å².